The summed E-state index contributed by atoms with van der Waals surface area (Å²) in [4.78, 5) is 25.4. The highest BCUT2D eigenvalue weighted by atomic mass is 32.1. The summed E-state index contributed by atoms with van der Waals surface area (Å²) in [6.07, 6.45) is 3.66. The fraction of sp³-hybridized carbons (Fsp3) is 0.0476. The van der Waals surface area contributed by atoms with E-state index in [0.717, 1.165) is 10.4 Å². The number of carbonyl (C=O) groups excluding carboxylic acids is 2. The van der Waals surface area contributed by atoms with E-state index < -0.39 is 0 Å². The van der Waals surface area contributed by atoms with Gasteiger partial charge in [0, 0.05) is 16.1 Å². The van der Waals surface area contributed by atoms with Crippen LogP contribution in [0.15, 0.2) is 78.2 Å². The van der Waals surface area contributed by atoms with Gasteiger partial charge in [-0.1, -0.05) is 54.6 Å². The molecule has 25 heavy (non-hydrogen) atoms. The van der Waals surface area contributed by atoms with Crippen LogP contribution in [0.2, 0.25) is 0 Å². The van der Waals surface area contributed by atoms with E-state index >= 15 is 0 Å². The lowest BCUT2D eigenvalue weighted by molar-refractivity contribution is -0.115. The highest BCUT2D eigenvalue weighted by molar-refractivity contribution is 7.10. The van der Waals surface area contributed by atoms with Gasteiger partial charge in [0.15, 0.2) is 5.78 Å². The first-order valence-electron chi connectivity index (χ1n) is 7.90. The molecule has 0 fully saturated rings. The second-order valence-electron chi connectivity index (χ2n) is 5.49. The van der Waals surface area contributed by atoms with Crippen molar-refractivity contribution in [3.05, 3.63) is 94.2 Å². The van der Waals surface area contributed by atoms with Gasteiger partial charge >= 0.3 is 0 Å². The molecule has 1 aromatic heterocycles. The van der Waals surface area contributed by atoms with Crippen LogP contribution in [0.5, 0.6) is 0 Å². The SMILES string of the molecule is O=C(Cc1cccs1)Nc1cccc(C(=O)/C=C/c2ccccc2)c1. The Morgan fingerprint density at radius 2 is 1.80 bits per heavy atom. The average Bonchev–Trinajstić information content (AvgIpc) is 3.13. The first-order chi connectivity index (χ1) is 12.2. The molecule has 0 saturated heterocycles. The Balaban J connectivity index is 1.65. The summed E-state index contributed by atoms with van der Waals surface area (Å²) in [6, 6.07) is 20.5. The molecule has 2 aromatic carbocycles. The van der Waals surface area contributed by atoms with Crippen LogP contribution >= 0.6 is 11.3 Å². The predicted molar refractivity (Wildman–Crippen MR) is 103 cm³/mol. The van der Waals surface area contributed by atoms with E-state index in [1.807, 2.05) is 47.8 Å². The molecule has 1 N–H and O–H groups in total. The third-order valence-electron chi connectivity index (χ3n) is 3.57. The maximum absolute atomic E-state index is 12.3. The Hall–Kier alpha value is -2.98. The molecule has 3 rings (SSSR count). The second-order valence-corrected chi connectivity index (χ2v) is 6.53. The number of amides is 1. The van der Waals surface area contributed by atoms with Crippen LogP contribution in [-0.2, 0) is 11.2 Å². The average molecular weight is 347 g/mol. The lowest BCUT2D eigenvalue weighted by atomic mass is 10.1. The smallest absolute Gasteiger partial charge is 0.229 e. The van der Waals surface area contributed by atoms with Crippen molar-refractivity contribution >= 4 is 34.8 Å². The number of anilines is 1. The number of hydrogen-bond acceptors (Lipinski definition) is 3. The number of nitrogens with one attached hydrogen (secondary N) is 1. The molecule has 0 bridgehead atoms. The maximum atomic E-state index is 12.3. The van der Waals surface area contributed by atoms with Crippen LogP contribution in [0.1, 0.15) is 20.8 Å². The van der Waals surface area contributed by atoms with Crippen molar-refractivity contribution in [2.75, 3.05) is 5.32 Å². The largest absolute Gasteiger partial charge is 0.326 e. The maximum Gasteiger partial charge on any atom is 0.229 e. The van der Waals surface area contributed by atoms with Gasteiger partial charge in [-0.3, -0.25) is 9.59 Å². The van der Waals surface area contributed by atoms with Crippen molar-refractivity contribution in [1.82, 2.24) is 0 Å². The summed E-state index contributed by atoms with van der Waals surface area (Å²) in [5.41, 5.74) is 2.14. The van der Waals surface area contributed by atoms with Crippen LogP contribution in [0.3, 0.4) is 0 Å². The Labute approximate surface area is 150 Å². The number of rotatable bonds is 6. The quantitative estimate of drug-likeness (QED) is 0.513. The summed E-state index contributed by atoms with van der Waals surface area (Å²) in [5.74, 6) is -0.190. The summed E-state index contributed by atoms with van der Waals surface area (Å²) in [7, 11) is 0. The van der Waals surface area contributed by atoms with Gasteiger partial charge in [0.2, 0.25) is 5.91 Å². The van der Waals surface area contributed by atoms with Crippen LogP contribution in [0.25, 0.3) is 6.08 Å². The van der Waals surface area contributed by atoms with E-state index in [-0.39, 0.29) is 11.7 Å². The fourth-order valence-electron chi connectivity index (χ4n) is 2.36. The summed E-state index contributed by atoms with van der Waals surface area (Å²) in [6.45, 7) is 0. The molecule has 0 unspecified atom stereocenters. The van der Waals surface area contributed by atoms with Crippen LogP contribution in [0.4, 0.5) is 5.69 Å². The molecule has 0 atom stereocenters. The van der Waals surface area contributed by atoms with E-state index in [0.29, 0.717) is 17.7 Å². The normalized spacial score (nSPS) is 10.7. The summed E-state index contributed by atoms with van der Waals surface area (Å²) in [5, 5.41) is 4.79. The summed E-state index contributed by atoms with van der Waals surface area (Å²) < 4.78 is 0. The second kappa shape index (κ2) is 8.22. The number of allylic oxidation sites excluding steroid dienone is 1. The standard InChI is InChI=1S/C21H17NO2S/c23-20(12-11-16-6-2-1-3-7-16)17-8-4-9-18(14-17)22-21(24)15-19-10-5-13-25-19/h1-14H,15H2,(H,22,24)/b12-11+. The van der Waals surface area contributed by atoms with Gasteiger partial charge in [-0.25, -0.2) is 0 Å². The van der Waals surface area contributed by atoms with E-state index in [9.17, 15) is 9.59 Å². The van der Waals surface area contributed by atoms with Gasteiger partial charge in [-0.15, -0.1) is 11.3 Å². The van der Waals surface area contributed by atoms with Gasteiger partial charge in [0.1, 0.15) is 0 Å². The zero-order valence-corrected chi connectivity index (χ0v) is 14.3. The van der Waals surface area contributed by atoms with Gasteiger partial charge in [-0.2, -0.15) is 0 Å². The molecule has 0 aliphatic heterocycles. The van der Waals surface area contributed by atoms with E-state index in [2.05, 4.69) is 5.32 Å². The number of thiophene rings is 1. The van der Waals surface area contributed by atoms with Crippen LogP contribution < -0.4 is 5.32 Å². The third kappa shape index (κ3) is 4.99. The molecule has 0 radical (unpaired) electrons. The highest BCUT2D eigenvalue weighted by Crippen LogP contribution is 2.14. The zero-order valence-electron chi connectivity index (χ0n) is 13.5. The minimum absolute atomic E-state index is 0.0909. The molecular weight excluding hydrogens is 330 g/mol. The number of ketones is 1. The third-order valence-corrected chi connectivity index (χ3v) is 4.45. The zero-order chi connectivity index (χ0) is 17.5. The van der Waals surface area contributed by atoms with Crippen molar-refractivity contribution < 1.29 is 9.59 Å². The first kappa shape index (κ1) is 16.9. The molecule has 1 heterocycles. The number of carbonyl (C=O) groups is 2. The fourth-order valence-corrected chi connectivity index (χ4v) is 3.06. The molecule has 0 spiro atoms. The lowest BCUT2D eigenvalue weighted by Crippen LogP contribution is -2.14. The lowest BCUT2D eigenvalue weighted by Gasteiger charge is -2.05. The first-order valence-corrected chi connectivity index (χ1v) is 8.78. The molecule has 0 aliphatic rings. The molecule has 124 valence electrons. The van der Waals surface area contributed by atoms with Gasteiger partial charge < -0.3 is 5.32 Å². The van der Waals surface area contributed by atoms with Gasteiger partial charge in [-0.05, 0) is 35.2 Å². The molecule has 4 heteroatoms. The Bertz CT molecular complexity index is 883. The molecule has 1 amide bonds. The van der Waals surface area contributed by atoms with Crippen molar-refractivity contribution in [3.8, 4) is 0 Å². The van der Waals surface area contributed by atoms with Crippen LogP contribution in [0, 0.1) is 0 Å². The molecule has 0 saturated carbocycles. The van der Waals surface area contributed by atoms with Crippen LogP contribution in [-0.4, -0.2) is 11.7 Å². The van der Waals surface area contributed by atoms with Gasteiger partial charge in [0.25, 0.3) is 0 Å². The Morgan fingerprint density at radius 1 is 0.960 bits per heavy atom. The number of benzene rings is 2. The molecule has 0 aliphatic carbocycles. The van der Waals surface area contributed by atoms with E-state index in [1.165, 1.54) is 0 Å². The predicted octanol–water partition coefficient (Wildman–Crippen LogP) is 4.83. The Kier molecular flexibility index (Phi) is 5.54. The van der Waals surface area contributed by atoms with E-state index in [1.54, 1.807) is 47.8 Å². The van der Waals surface area contributed by atoms with Crippen molar-refractivity contribution in [2.24, 2.45) is 0 Å². The van der Waals surface area contributed by atoms with E-state index in [4.69, 9.17) is 0 Å². The molecule has 3 aromatic rings. The monoisotopic (exact) mass is 347 g/mol. The number of hydrogen-bond donors (Lipinski definition) is 1. The Morgan fingerprint density at radius 3 is 2.56 bits per heavy atom. The van der Waals surface area contributed by atoms with Crippen molar-refractivity contribution in [3.63, 3.8) is 0 Å². The molecular formula is C21H17NO2S. The minimum atomic E-state index is -0.0989. The minimum Gasteiger partial charge on any atom is -0.326 e. The van der Waals surface area contributed by atoms with Crippen molar-refractivity contribution in [2.45, 2.75) is 6.42 Å². The topological polar surface area (TPSA) is 46.2 Å². The molecule has 3 nitrogen and oxygen atoms in total. The van der Waals surface area contributed by atoms with Crippen molar-refractivity contribution in [1.29, 1.82) is 0 Å². The van der Waals surface area contributed by atoms with Gasteiger partial charge in [0.05, 0.1) is 6.42 Å². The highest BCUT2D eigenvalue weighted by Gasteiger charge is 2.07. The summed E-state index contributed by atoms with van der Waals surface area (Å²) >= 11 is 1.55.